The number of carboxylic acids is 1. The van der Waals surface area contributed by atoms with E-state index in [1.165, 1.54) is 6.26 Å². The SMILES string of the molecule is NCc1cccc2c(C(=O)O)coc12. The third-order valence-electron chi connectivity index (χ3n) is 2.13. The Balaban J connectivity index is 2.75. The summed E-state index contributed by atoms with van der Waals surface area (Å²) < 4.78 is 5.17. The first-order valence-corrected chi connectivity index (χ1v) is 4.16. The Morgan fingerprint density at radius 3 is 2.93 bits per heavy atom. The molecule has 0 radical (unpaired) electrons. The summed E-state index contributed by atoms with van der Waals surface area (Å²) in [5, 5.41) is 9.44. The summed E-state index contributed by atoms with van der Waals surface area (Å²) in [5.74, 6) is -0.988. The molecule has 2 rings (SSSR count). The number of aromatic carboxylic acids is 1. The monoisotopic (exact) mass is 191 g/mol. The van der Waals surface area contributed by atoms with Crippen LogP contribution in [0.4, 0.5) is 0 Å². The number of nitrogens with two attached hydrogens (primary N) is 1. The van der Waals surface area contributed by atoms with E-state index in [0.29, 0.717) is 17.5 Å². The molecule has 0 aliphatic heterocycles. The van der Waals surface area contributed by atoms with Crippen LogP contribution in [0.15, 0.2) is 28.9 Å². The van der Waals surface area contributed by atoms with E-state index in [1.807, 2.05) is 6.07 Å². The molecular weight excluding hydrogens is 182 g/mol. The van der Waals surface area contributed by atoms with Gasteiger partial charge >= 0.3 is 5.97 Å². The number of hydrogen-bond donors (Lipinski definition) is 2. The highest BCUT2D eigenvalue weighted by Gasteiger charge is 2.13. The predicted molar refractivity (Wildman–Crippen MR) is 51.1 cm³/mol. The molecule has 0 saturated heterocycles. The molecule has 4 heteroatoms. The molecular formula is C10H9NO3. The maximum absolute atomic E-state index is 10.8. The summed E-state index contributed by atoms with van der Waals surface area (Å²) in [7, 11) is 0. The van der Waals surface area contributed by atoms with Gasteiger partial charge in [-0.1, -0.05) is 18.2 Å². The van der Waals surface area contributed by atoms with Crippen LogP contribution in [0.2, 0.25) is 0 Å². The van der Waals surface area contributed by atoms with E-state index in [4.69, 9.17) is 15.3 Å². The quantitative estimate of drug-likeness (QED) is 0.755. The molecule has 0 unspecified atom stereocenters. The van der Waals surface area contributed by atoms with E-state index in [9.17, 15) is 4.79 Å². The largest absolute Gasteiger partial charge is 0.478 e. The summed E-state index contributed by atoms with van der Waals surface area (Å²) in [6, 6.07) is 5.30. The van der Waals surface area contributed by atoms with Gasteiger partial charge in [0.25, 0.3) is 0 Å². The summed E-state index contributed by atoms with van der Waals surface area (Å²) >= 11 is 0. The maximum atomic E-state index is 10.8. The van der Waals surface area contributed by atoms with Crippen molar-refractivity contribution in [3.05, 3.63) is 35.6 Å². The molecule has 1 aromatic heterocycles. The summed E-state index contributed by atoms with van der Waals surface area (Å²) in [6.07, 6.45) is 1.24. The first-order chi connectivity index (χ1) is 6.74. The van der Waals surface area contributed by atoms with Crippen LogP contribution in [0.3, 0.4) is 0 Å². The van der Waals surface area contributed by atoms with Crippen molar-refractivity contribution in [3.8, 4) is 0 Å². The van der Waals surface area contributed by atoms with Crippen LogP contribution in [0.5, 0.6) is 0 Å². The van der Waals surface area contributed by atoms with Crippen LogP contribution in [0.25, 0.3) is 11.0 Å². The molecule has 4 nitrogen and oxygen atoms in total. The average Bonchev–Trinajstić information content (AvgIpc) is 2.60. The Morgan fingerprint density at radius 2 is 2.29 bits per heavy atom. The summed E-state index contributed by atoms with van der Waals surface area (Å²) in [6.45, 7) is 0.337. The van der Waals surface area contributed by atoms with E-state index in [0.717, 1.165) is 5.56 Å². The van der Waals surface area contributed by atoms with Crippen LogP contribution in [-0.4, -0.2) is 11.1 Å². The minimum Gasteiger partial charge on any atom is -0.478 e. The zero-order valence-corrected chi connectivity index (χ0v) is 7.36. The second-order valence-corrected chi connectivity index (χ2v) is 2.95. The molecule has 1 heterocycles. The van der Waals surface area contributed by atoms with Gasteiger partial charge in [0.1, 0.15) is 17.4 Å². The number of carboxylic acid groups (broad SMARTS) is 1. The Hall–Kier alpha value is -1.81. The molecule has 1 aromatic carbocycles. The number of hydrogen-bond acceptors (Lipinski definition) is 3. The highest BCUT2D eigenvalue weighted by atomic mass is 16.4. The number of fused-ring (bicyclic) bond motifs is 1. The van der Waals surface area contributed by atoms with Crippen molar-refractivity contribution in [2.45, 2.75) is 6.54 Å². The van der Waals surface area contributed by atoms with Crippen LogP contribution in [0, 0.1) is 0 Å². The minimum atomic E-state index is -0.988. The van der Waals surface area contributed by atoms with Crippen molar-refractivity contribution in [1.29, 1.82) is 0 Å². The third kappa shape index (κ3) is 1.16. The molecule has 0 aliphatic carbocycles. The highest BCUT2D eigenvalue weighted by Crippen LogP contribution is 2.24. The van der Waals surface area contributed by atoms with Gasteiger partial charge in [0.15, 0.2) is 0 Å². The van der Waals surface area contributed by atoms with Crippen molar-refractivity contribution in [2.75, 3.05) is 0 Å². The molecule has 14 heavy (non-hydrogen) atoms. The Labute approximate surface area is 79.9 Å². The molecule has 0 spiro atoms. The molecule has 0 amide bonds. The first kappa shape index (κ1) is 8.77. The zero-order valence-electron chi connectivity index (χ0n) is 7.36. The van der Waals surface area contributed by atoms with Crippen molar-refractivity contribution >= 4 is 16.9 Å². The highest BCUT2D eigenvalue weighted by molar-refractivity contribution is 6.02. The van der Waals surface area contributed by atoms with E-state index in [2.05, 4.69) is 0 Å². The van der Waals surface area contributed by atoms with E-state index in [1.54, 1.807) is 12.1 Å². The Morgan fingerprint density at radius 1 is 1.50 bits per heavy atom. The molecule has 0 aliphatic rings. The Kier molecular flexibility index (Phi) is 1.98. The third-order valence-corrected chi connectivity index (χ3v) is 2.13. The van der Waals surface area contributed by atoms with Crippen molar-refractivity contribution < 1.29 is 14.3 Å². The lowest BCUT2D eigenvalue weighted by molar-refractivity contribution is 0.0698. The minimum absolute atomic E-state index is 0.176. The van der Waals surface area contributed by atoms with Gasteiger partial charge in [-0.25, -0.2) is 4.79 Å². The van der Waals surface area contributed by atoms with Crippen LogP contribution in [0.1, 0.15) is 15.9 Å². The fourth-order valence-corrected chi connectivity index (χ4v) is 1.44. The predicted octanol–water partition coefficient (Wildman–Crippen LogP) is 1.59. The fourth-order valence-electron chi connectivity index (χ4n) is 1.44. The molecule has 0 atom stereocenters. The van der Waals surface area contributed by atoms with Crippen LogP contribution >= 0.6 is 0 Å². The summed E-state index contributed by atoms with van der Waals surface area (Å²) in [5.41, 5.74) is 7.05. The normalized spacial score (nSPS) is 10.6. The standard InChI is InChI=1S/C10H9NO3/c11-4-6-2-1-3-7-8(10(12)13)5-14-9(6)7/h1-3,5H,4,11H2,(H,12,13). The van der Waals surface area contributed by atoms with E-state index < -0.39 is 5.97 Å². The second-order valence-electron chi connectivity index (χ2n) is 2.95. The van der Waals surface area contributed by atoms with Gasteiger partial charge in [-0.3, -0.25) is 0 Å². The van der Waals surface area contributed by atoms with Gasteiger partial charge in [0.2, 0.25) is 0 Å². The fraction of sp³-hybridized carbons (Fsp3) is 0.100. The van der Waals surface area contributed by atoms with Crippen molar-refractivity contribution in [3.63, 3.8) is 0 Å². The lowest BCUT2D eigenvalue weighted by Gasteiger charge is -1.96. The number of rotatable bonds is 2. The van der Waals surface area contributed by atoms with Gasteiger partial charge in [-0.2, -0.15) is 0 Å². The lowest BCUT2D eigenvalue weighted by atomic mass is 10.1. The van der Waals surface area contributed by atoms with Gasteiger partial charge in [-0.15, -0.1) is 0 Å². The molecule has 2 aromatic rings. The van der Waals surface area contributed by atoms with Gasteiger partial charge in [-0.05, 0) is 0 Å². The zero-order chi connectivity index (χ0) is 10.1. The number of para-hydroxylation sites is 1. The second kappa shape index (κ2) is 3.16. The Bertz CT molecular complexity index is 487. The maximum Gasteiger partial charge on any atom is 0.339 e. The van der Waals surface area contributed by atoms with E-state index in [-0.39, 0.29) is 5.56 Å². The van der Waals surface area contributed by atoms with Crippen LogP contribution < -0.4 is 5.73 Å². The number of benzene rings is 1. The summed E-state index contributed by atoms with van der Waals surface area (Å²) in [4.78, 5) is 10.8. The average molecular weight is 191 g/mol. The first-order valence-electron chi connectivity index (χ1n) is 4.16. The van der Waals surface area contributed by atoms with Gasteiger partial charge in [0.05, 0.1) is 0 Å². The molecule has 72 valence electrons. The van der Waals surface area contributed by atoms with Crippen molar-refractivity contribution in [2.24, 2.45) is 5.73 Å². The molecule has 0 saturated carbocycles. The number of carbonyl (C=O) groups is 1. The topological polar surface area (TPSA) is 76.5 Å². The lowest BCUT2D eigenvalue weighted by Crippen LogP contribution is -1.97. The van der Waals surface area contributed by atoms with Gasteiger partial charge < -0.3 is 15.3 Å². The van der Waals surface area contributed by atoms with Crippen molar-refractivity contribution in [1.82, 2.24) is 0 Å². The molecule has 0 fully saturated rings. The molecule has 0 bridgehead atoms. The van der Waals surface area contributed by atoms with Gasteiger partial charge in [0, 0.05) is 17.5 Å². The molecule has 3 N–H and O–H groups in total. The van der Waals surface area contributed by atoms with E-state index >= 15 is 0 Å². The smallest absolute Gasteiger partial charge is 0.339 e. The van der Waals surface area contributed by atoms with Crippen LogP contribution in [-0.2, 0) is 6.54 Å². The number of furan rings is 1.